The maximum absolute atomic E-state index is 13.2. The Labute approximate surface area is 255 Å². The zero-order chi connectivity index (χ0) is 31.1. The maximum Gasteiger partial charge on any atom is 0.410 e. The summed E-state index contributed by atoms with van der Waals surface area (Å²) in [7, 11) is -0.336. The lowest BCUT2D eigenvalue weighted by molar-refractivity contribution is 0.0275. The minimum absolute atomic E-state index is 0.0427. The second-order valence-electron chi connectivity index (χ2n) is 14.1. The van der Waals surface area contributed by atoms with E-state index in [-0.39, 0.29) is 23.0 Å². The average molecular weight is 593 g/mol. The average Bonchev–Trinajstić information content (AvgIpc) is 2.91. The smallest absolute Gasteiger partial charge is 0.410 e. The molecular formula is C35H52N2O4Si. The third-order valence-electron chi connectivity index (χ3n) is 8.32. The fourth-order valence-corrected chi connectivity index (χ4v) is 6.00. The Bertz CT molecular complexity index is 1200. The van der Waals surface area contributed by atoms with Gasteiger partial charge in [0, 0.05) is 38.8 Å². The zero-order valence-corrected chi connectivity index (χ0v) is 28.3. The first kappa shape index (κ1) is 33.8. The highest BCUT2D eigenvalue weighted by Gasteiger charge is 2.39. The van der Waals surface area contributed by atoms with Crippen molar-refractivity contribution < 1.29 is 18.8 Å². The molecule has 0 aromatic heterocycles. The van der Waals surface area contributed by atoms with Gasteiger partial charge in [0.25, 0.3) is 0 Å². The van der Waals surface area contributed by atoms with Gasteiger partial charge in [-0.3, -0.25) is 9.69 Å². The normalized spacial score (nSPS) is 15.7. The van der Waals surface area contributed by atoms with Crippen molar-refractivity contribution in [1.29, 1.82) is 0 Å². The third kappa shape index (κ3) is 10.2. The van der Waals surface area contributed by atoms with Crippen molar-refractivity contribution in [2.45, 2.75) is 97.2 Å². The first-order chi connectivity index (χ1) is 19.5. The van der Waals surface area contributed by atoms with Crippen LogP contribution >= 0.6 is 0 Å². The van der Waals surface area contributed by atoms with Gasteiger partial charge >= 0.3 is 6.09 Å². The number of piperidine rings is 1. The molecule has 1 saturated heterocycles. The number of ether oxygens (including phenoxy) is 1. The molecule has 1 atom stereocenters. The minimum atomic E-state index is -2.10. The van der Waals surface area contributed by atoms with Crippen LogP contribution < -0.4 is 0 Å². The number of amides is 1. The van der Waals surface area contributed by atoms with E-state index in [2.05, 4.69) is 63.0 Å². The first-order valence-corrected chi connectivity index (χ1v) is 18.2. The van der Waals surface area contributed by atoms with Crippen LogP contribution in [-0.4, -0.2) is 62.3 Å². The number of ketones is 1. The van der Waals surface area contributed by atoms with Crippen LogP contribution in [0.5, 0.6) is 0 Å². The molecule has 1 amide bonds. The second-order valence-corrected chi connectivity index (χ2v) is 18.9. The number of allylic oxidation sites excluding steroid dienone is 1. The quantitative estimate of drug-likeness (QED) is 0.157. The molecule has 0 aliphatic carbocycles. The van der Waals surface area contributed by atoms with Crippen LogP contribution in [0, 0.1) is 0 Å². The summed E-state index contributed by atoms with van der Waals surface area (Å²) in [6, 6.07) is 18.4. The molecule has 1 fully saturated rings. The van der Waals surface area contributed by atoms with Crippen LogP contribution in [0.15, 0.2) is 66.2 Å². The van der Waals surface area contributed by atoms with Crippen molar-refractivity contribution in [2.75, 3.05) is 26.7 Å². The lowest BCUT2D eigenvalue weighted by Gasteiger charge is -2.40. The fourth-order valence-electron chi connectivity index (χ4n) is 4.68. The first-order valence-electron chi connectivity index (χ1n) is 15.3. The third-order valence-corrected chi connectivity index (χ3v) is 12.8. The largest absolute Gasteiger partial charge is 0.444 e. The molecule has 1 aliphatic heterocycles. The Hall–Kier alpha value is -2.74. The van der Waals surface area contributed by atoms with E-state index in [1.165, 1.54) is 11.1 Å². The maximum atomic E-state index is 13.2. The van der Waals surface area contributed by atoms with Gasteiger partial charge in [-0.25, -0.2) is 4.79 Å². The minimum Gasteiger partial charge on any atom is -0.444 e. The van der Waals surface area contributed by atoms with E-state index in [0.29, 0.717) is 18.5 Å². The molecule has 1 unspecified atom stereocenters. The van der Waals surface area contributed by atoms with Crippen molar-refractivity contribution in [2.24, 2.45) is 0 Å². The van der Waals surface area contributed by atoms with E-state index < -0.39 is 13.9 Å². The summed E-state index contributed by atoms with van der Waals surface area (Å²) >= 11 is 0. The fraction of sp³-hybridized carbons (Fsp3) is 0.543. The number of carbonyl (C=O) groups is 2. The highest BCUT2D eigenvalue weighted by molar-refractivity contribution is 6.74. The Balaban J connectivity index is 1.66. The molecule has 0 N–H and O–H groups in total. The van der Waals surface area contributed by atoms with Gasteiger partial charge in [0.2, 0.25) is 0 Å². The Morgan fingerprint density at radius 1 is 0.952 bits per heavy atom. The van der Waals surface area contributed by atoms with Crippen molar-refractivity contribution in [3.63, 3.8) is 0 Å². The number of rotatable bonds is 10. The van der Waals surface area contributed by atoms with Gasteiger partial charge in [0.15, 0.2) is 14.1 Å². The Kier molecular flexibility index (Phi) is 11.4. The molecule has 0 bridgehead atoms. The SMILES string of the molecule is CN(CCC(O[Si](C)(C)C(C)(C)C)c1ccc(C(=O)C=C2CCN(Cc3ccccc3)CC2)cc1)C(=O)OC(C)(C)C. The summed E-state index contributed by atoms with van der Waals surface area (Å²) in [6.45, 7) is 20.2. The summed E-state index contributed by atoms with van der Waals surface area (Å²) in [5, 5.41) is 0.0427. The second kappa shape index (κ2) is 14.2. The van der Waals surface area contributed by atoms with Crippen LogP contribution in [0.2, 0.25) is 18.1 Å². The van der Waals surface area contributed by atoms with Gasteiger partial charge in [-0.05, 0) is 75.4 Å². The van der Waals surface area contributed by atoms with E-state index in [4.69, 9.17) is 9.16 Å². The van der Waals surface area contributed by atoms with Crippen molar-refractivity contribution in [1.82, 2.24) is 9.80 Å². The molecular weight excluding hydrogens is 540 g/mol. The van der Waals surface area contributed by atoms with Gasteiger partial charge < -0.3 is 14.1 Å². The lowest BCUT2D eigenvalue weighted by Crippen LogP contribution is -2.42. The molecule has 0 radical (unpaired) electrons. The Morgan fingerprint density at radius 2 is 1.55 bits per heavy atom. The summed E-state index contributed by atoms with van der Waals surface area (Å²) in [5.41, 5.74) is 3.72. The van der Waals surface area contributed by atoms with Gasteiger partial charge in [-0.1, -0.05) is 80.9 Å². The van der Waals surface area contributed by atoms with Gasteiger partial charge in [-0.2, -0.15) is 0 Å². The molecule has 7 heteroatoms. The van der Waals surface area contributed by atoms with Gasteiger partial charge in [0.1, 0.15) is 5.60 Å². The van der Waals surface area contributed by atoms with Crippen LogP contribution in [-0.2, 0) is 15.7 Å². The summed E-state index contributed by atoms with van der Waals surface area (Å²) in [6.07, 6.45) is 3.79. The monoisotopic (exact) mass is 592 g/mol. The van der Waals surface area contributed by atoms with Crippen LogP contribution in [0.4, 0.5) is 4.79 Å². The molecule has 0 saturated carbocycles. The molecule has 3 rings (SSSR count). The zero-order valence-electron chi connectivity index (χ0n) is 27.3. The number of hydrogen-bond donors (Lipinski definition) is 0. The highest BCUT2D eigenvalue weighted by Crippen LogP contribution is 2.40. The van der Waals surface area contributed by atoms with Crippen molar-refractivity contribution in [3.05, 3.63) is 82.9 Å². The van der Waals surface area contributed by atoms with Crippen LogP contribution in [0.3, 0.4) is 0 Å². The van der Waals surface area contributed by atoms with E-state index in [0.717, 1.165) is 38.0 Å². The van der Waals surface area contributed by atoms with Crippen LogP contribution in [0.25, 0.3) is 0 Å². The molecule has 1 heterocycles. The van der Waals surface area contributed by atoms with Crippen molar-refractivity contribution in [3.8, 4) is 0 Å². The predicted molar refractivity (Wildman–Crippen MR) is 174 cm³/mol. The highest BCUT2D eigenvalue weighted by atomic mass is 28.4. The molecule has 6 nitrogen and oxygen atoms in total. The number of carbonyl (C=O) groups excluding carboxylic acids is 2. The Morgan fingerprint density at radius 3 is 2.10 bits per heavy atom. The molecule has 2 aromatic carbocycles. The summed E-state index contributed by atoms with van der Waals surface area (Å²) in [4.78, 5) is 29.8. The number of nitrogens with zero attached hydrogens (tertiary/aromatic N) is 2. The molecule has 2 aromatic rings. The number of benzene rings is 2. The van der Waals surface area contributed by atoms with Gasteiger partial charge in [-0.15, -0.1) is 0 Å². The number of hydrogen-bond acceptors (Lipinski definition) is 5. The van der Waals surface area contributed by atoms with Crippen molar-refractivity contribution >= 4 is 20.2 Å². The summed E-state index contributed by atoms with van der Waals surface area (Å²) in [5.74, 6) is 0.0552. The van der Waals surface area contributed by atoms with E-state index in [9.17, 15) is 9.59 Å². The van der Waals surface area contributed by atoms with Crippen LogP contribution in [0.1, 0.15) is 88.4 Å². The molecule has 0 spiro atoms. The lowest BCUT2D eigenvalue weighted by atomic mass is 9.98. The van der Waals surface area contributed by atoms with E-state index in [1.54, 1.807) is 11.9 Å². The van der Waals surface area contributed by atoms with E-state index in [1.807, 2.05) is 57.2 Å². The molecule has 230 valence electrons. The number of likely N-dealkylation sites (tertiary alicyclic amines) is 1. The summed E-state index contributed by atoms with van der Waals surface area (Å²) < 4.78 is 12.4. The van der Waals surface area contributed by atoms with E-state index >= 15 is 0 Å². The molecule has 1 aliphatic rings. The standard InChI is InChI=1S/C35H52N2O4Si/c1-34(2,3)40-33(39)36(7)22-21-32(41-42(8,9)35(4,5)6)30-17-15-29(16-18-30)31(38)25-27-19-23-37(24-20-27)26-28-13-11-10-12-14-28/h10-18,25,32H,19-24,26H2,1-9H3. The topological polar surface area (TPSA) is 59.1 Å². The predicted octanol–water partition coefficient (Wildman–Crippen LogP) is 8.41. The van der Waals surface area contributed by atoms with Gasteiger partial charge in [0.05, 0.1) is 6.10 Å². The molecule has 42 heavy (non-hydrogen) atoms.